The lowest BCUT2D eigenvalue weighted by Gasteiger charge is -2.03. The molecule has 1 aromatic carbocycles. The first-order valence-corrected chi connectivity index (χ1v) is 5.10. The number of hydrogen-bond donors (Lipinski definition) is 2. The van der Waals surface area contributed by atoms with Gasteiger partial charge in [-0.05, 0) is 24.3 Å². The van der Waals surface area contributed by atoms with Crippen molar-refractivity contribution in [2.45, 2.75) is 0 Å². The molecule has 0 unspecified atom stereocenters. The molecule has 5 heteroatoms. The summed E-state index contributed by atoms with van der Waals surface area (Å²) in [7, 11) is 0. The molecule has 0 spiro atoms. The van der Waals surface area contributed by atoms with Crippen molar-refractivity contribution >= 4 is 11.0 Å². The normalized spacial score (nSPS) is 10.8. The summed E-state index contributed by atoms with van der Waals surface area (Å²) >= 11 is 0. The number of imidazole rings is 1. The van der Waals surface area contributed by atoms with Gasteiger partial charge in [0, 0.05) is 12.4 Å². The molecule has 0 radical (unpaired) electrons. The summed E-state index contributed by atoms with van der Waals surface area (Å²) in [6.45, 7) is 0. The van der Waals surface area contributed by atoms with Crippen molar-refractivity contribution < 1.29 is 5.11 Å². The fourth-order valence-corrected chi connectivity index (χ4v) is 1.88. The Labute approximate surface area is 96.0 Å². The minimum Gasteiger partial charge on any atom is -0.506 e. The molecule has 0 aliphatic carbocycles. The molecule has 2 aromatic heterocycles. The fraction of sp³-hybridized carbons (Fsp3) is 0. The number of phenolic OH excluding ortho intramolecular Hbond substituents is 1. The van der Waals surface area contributed by atoms with Crippen LogP contribution in [-0.4, -0.2) is 19.6 Å². The van der Waals surface area contributed by atoms with Crippen LogP contribution in [0.2, 0.25) is 0 Å². The van der Waals surface area contributed by atoms with Gasteiger partial charge in [0.15, 0.2) is 0 Å². The summed E-state index contributed by atoms with van der Waals surface area (Å²) in [5.74, 6) is 0.0673. The molecule has 0 aliphatic rings. The zero-order valence-electron chi connectivity index (χ0n) is 8.79. The first kappa shape index (κ1) is 9.65. The van der Waals surface area contributed by atoms with Gasteiger partial charge in [0.2, 0.25) is 0 Å². The highest BCUT2D eigenvalue weighted by Crippen LogP contribution is 2.23. The van der Waals surface area contributed by atoms with Crippen LogP contribution in [0, 0.1) is 0 Å². The molecule has 0 bridgehead atoms. The summed E-state index contributed by atoms with van der Waals surface area (Å²) in [6.07, 6.45) is 3.20. The van der Waals surface area contributed by atoms with Gasteiger partial charge < -0.3 is 10.1 Å². The van der Waals surface area contributed by atoms with Gasteiger partial charge in [0.25, 0.3) is 0 Å². The van der Waals surface area contributed by atoms with Crippen molar-refractivity contribution in [2.24, 2.45) is 0 Å². The number of hydrogen-bond acceptors (Lipinski definition) is 3. The first-order valence-electron chi connectivity index (χ1n) is 5.10. The molecular weight excluding hydrogens is 218 g/mol. The second-order valence-electron chi connectivity index (χ2n) is 3.64. The average molecular weight is 227 g/mol. The Balaban J connectivity index is 2.45. The Morgan fingerprint density at radius 3 is 2.71 bits per heavy atom. The fourth-order valence-electron chi connectivity index (χ4n) is 1.88. The van der Waals surface area contributed by atoms with Crippen LogP contribution < -0.4 is 5.69 Å². The van der Waals surface area contributed by atoms with Crippen LogP contribution in [-0.2, 0) is 0 Å². The Kier molecular flexibility index (Phi) is 1.98. The van der Waals surface area contributed by atoms with Gasteiger partial charge >= 0.3 is 5.69 Å². The number of aromatic amines is 1. The SMILES string of the molecule is O=c1[nH]c2cccc(O)c2n1-c1ccncc1. The summed E-state index contributed by atoms with van der Waals surface area (Å²) in [4.78, 5) is 18.5. The van der Waals surface area contributed by atoms with Crippen molar-refractivity contribution in [1.82, 2.24) is 14.5 Å². The van der Waals surface area contributed by atoms with Crippen LogP contribution in [0.15, 0.2) is 47.5 Å². The van der Waals surface area contributed by atoms with Crippen LogP contribution in [0.25, 0.3) is 16.7 Å². The van der Waals surface area contributed by atoms with E-state index in [0.717, 1.165) is 0 Å². The van der Waals surface area contributed by atoms with E-state index in [1.165, 1.54) is 4.57 Å². The summed E-state index contributed by atoms with van der Waals surface area (Å²) in [6, 6.07) is 8.40. The zero-order chi connectivity index (χ0) is 11.8. The molecule has 2 heterocycles. The second-order valence-corrected chi connectivity index (χ2v) is 3.64. The van der Waals surface area contributed by atoms with Gasteiger partial charge in [0.05, 0.1) is 11.2 Å². The number of pyridine rings is 1. The first-order chi connectivity index (χ1) is 8.27. The van der Waals surface area contributed by atoms with Crippen LogP contribution in [0.3, 0.4) is 0 Å². The number of aromatic nitrogens is 3. The molecule has 0 saturated heterocycles. The summed E-state index contributed by atoms with van der Waals surface area (Å²) in [5.41, 5.74) is 1.46. The van der Waals surface area contributed by atoms with Crippen molar-refractivity contribution in [1.29, 1.82) is 0 Å². The maximum absolute atomic E-state index is 11.9. The zero-order valence-corrected chi connectivity index (χ0v) is 8.79. The van der Waals surface area contributed by atoms with Gasteiger partial charge in [-0.3, -0.25) is 9.55 Å². The minimum atomic E-state index is -0.285. The number of phenols is 1. The Hall–Kier alpha value is -2.56. The average Bonchev–Trinajstić information content (AvgIpc) is 2.68. The molecule has 17 heavy (non-hydrogen) atoms. The van der Waals surface area contributed by atoms with Crippen LogP contribution >= 0.6 is 0 Å². The molecule has 3 aromatic rings. The van der Waals surface area contributed by atoms with Gasteiger partial charge in [0.1, 0.15) is 11.3 Å². The Morgan fingerprint density at radius 1 is 1.18 bits per heavy atom. The highest BCUT2D eigenvalue weighted by Gasteiger charge is 2.11. The molecule has 0 atom stereocenters. The van der Waals surface area contributed by atoms with Crippen molar-refractivity contribution in [2.75, 3.05) is 0 Å². The second kappa shape index (κ2) is 3.48. The van der Waals surface area contributed by atoms with E-state index in [0.29, 0.717) is 16.7 Å². The van der Waals surface area contributed by atoms with E-state index in [-0.39, 0.29) is 11.4 Å². The maximum Gasteiger partial charge on any atom is 0.331 e. The lowest BCUT2D eigenvalue weighted by Crippen LogP contribution is -2.14. The predicted octanol–water partition coefficient (Wildman–Crippen LogP) is 1.42. The lowest BCUT2D eigenvalue weighted by atomic mass is 10.3. The standard InChI is InChI=1S/C12H9N3O2/c16-10-3-1-2-9-11(10)15(12(17)14-9)8-4-6-13-7-5-8/h1-7,16H,(H,14,17). The van der Waals surface area contributed by atoms with Crippen LogP contribution in [0.4, 0.5) is 0 Å². The van der Waals surface area contributed by atoms with Crippen molar-refractivity contribution in [3.05, 3.63) is 53.2 Å². The highest BCUT2D eigenvalue weighted by molar-refractivity contribution is 5.83. The number of nitrogens with zero attached hydrogens (tertiary/aromatic N) is 2. The van der Waals surface area contributed by atoms with Crippen molar-refractivity contribution in [3.8, 4) is 11.4 Å². The van der Waals surface area contributed by atoms with E-state index in [1.54, 1.807) is 42.7 Å². The number of benzene rings is 1. The molecule has 0 fully saturated rings. The quantitative estimate of drug-likeness (QED) is 0.660. The molecular formula is C12H9N3O2. The predicted molar refractivity (Wildman–Crippen MR) is 63.4 cm³/mol. The lowest BCUT2D eigenvalue weighted by molar-refractivity contribution is 0.479. The molecule has 3 rings (SSSR count). The number of nitrogens with one attached hydrogen (secondary N) is 1. The minimum absolute atomic E-state index is 0.0673. The number of rotatable bonds is 1. The number of para-hydroxylation sites is 1. The van der Waals surface area contributed by atoms with Crippen molar-refractivity contribution in [3.63, 3.8) is 0 Å². The van der Waals surface area contributed by atoms with Gasteiger partial charge in [-0.2, -0.15) is 0 Å². The van der Waals surface area contributed by atoms with Crippen LogP contribution in [0.1, 0.15) is 0 Å². The number of fused-ring (bicyclic) bond motifs is 1. The third-order valence-corrected chi connectivity index (χ3v) is 2.60. The Morgan fingerprint density at radius 2 is 1.94 bits per heavy atom. The molecule has 0 aliphatic heterocycles. The maximum atomic E-state index is 11.9. The van der Waals surface area contributed by atoms with Gasteiger partial charge in [-0.15, -0.1) is 0 Å². The number of aromatic hydroxyl groups is 1. The topological polar surface area (TPSA) is 70.9 Å². The summed E-state index contributed by atoms with van der Waals surface area (Å²) in [5, 5.41) is 9.83. The third-order valence-electron chi connectivity index (χ3n) is 2.60. The largest absolute Gasteiger partial charge is 0.506 e. The molecule has 0 saturated carbocycles. The van der Waals surface area contributed by atoms with E-state index < -0.39 is 0 Å². The number of H-pyrrole nitrogens is 1. The van der Waals surface area contributed by atoms with E-state index in [2.05, 4.69) is 9.97 Å². The molecule has 2 N–H and O–H groups in total. The molecule has 84 valence electrons. The van der Waals surface area contributed by atoms with E-state index in [4.69, 9.17) is 0 Å². The van der Waals surface area contributed by atoms with E-state index >= 15 is 0 Å². The van der Waals surface area contributed by atoms with E-state index in [1.807, 2.05) is 0 Å². The third kappa shape index (κ3) is 1.40. The summed E-state index contributed by atoms with van der Waals surface area (Å²) < 4.78 is 1.42. The highest BCUT2D eigenvalue weighted by atomic mass is 16.3. The van der Waals surface area contributed by atoms with Crippen LogP contribution in [0.5, 0.6) is 5.75 Å². The molecule has 5 nitrogen and oxygen atoms in total. The van der Waals surface area contributed by atoms with Gasteiger partial charge in [-0.1, -0.05) is 6.07 Å². The monoisotopic (exact) mass is 227 g/mol. The van der Waals surface area contributed by atoms with Gasteiger partial charge in [-0.25, -0.2) is 4.79 Å². The molecule has 0 amide bonds. The smallest absolute Gasteiger partial charge is 0.331 e. The Bertz CT molecular complexity index is 728. The van der Waals surface area contributed by atoms with E-state index in [9.17, 15) is 9.90 Å².